The molecule has 0 aliphatic rings. The van der Waals surface area contributed by atoms with Crippen LogP contribution in [0.3, 0.4) is 0 Å². The van der Waals surface area contributed by atoms with Gasteiger partial charge in [0.15, 0.2) is 5.78 Å². The number of nitrogens with zero attached hydrogens (tertiary/aromatic N) is 1. The Hall–Kier alpha value is -1.19. The molecule has 0 fully saturated rings. The molecule has 0 radical (unpaired) electrons. The topological polar surface area (TPSA) is 29.5 Å². The van der Waals surface area contributed by atoms with E-state index in [9.17, 15) is 4.79 Å². The molecule has 0 amide bonds. The standard InChI is InChI=1S/C15H23NO2/c1-4-18-11-10-16(3)9-8-15(17)14-7-5-6-13(2)12-14/h5-7,12H,4,8-11H2,1-3H3. The fourth-order valence-electron chi connectivity index (χ4n) is 1.73. The quantitative estimate of drug-likeness (QED) is 0.524. The molecule has 100 valence electrons. The van der Waals surface area contributed by atoms with Crippen molar-refractivity contribution in [2.24, 2.45) is 0 Å². The van der Waals surface area contributed by atoms with Gasteiger partial charge in [0.1, 0.15) is 0 Å². The largest absolute Gasteiger partial charge is 0.380 e. The Kier molecular flexibility index (Phi) is 6.61. The van der Waals surface area contributed by atoms with E-state index in [0.717, 1.165) is 37.4 Å². The van der Waals surface area contributed by atoms with Gasteiger partial charge in [-0.1, -0.05) is 23.8 Å². The summed E-state index contributed by atoms with van der Waals surface area (Å²) in [6.45, 7) is 7.11. The Labute approximate surface area is 110 Å². The van der Waals surface area contributed by atoms with Gasteiger partial charge < -0.3 is 9.64 Å². The molecule has 1 rings (SSSR count). The normalized spacial score (nSPS) is 10.9. The lowest BCUT2D eigenvalue weighted by atomic mass is 10.1. The molecule has 18 heavy (non-hydrogen) atoms. The zero-order chi connectivity index (χ0) is 13.4. The summed E-state index contributed by atoms with van der Waals surface area (Å²) in [6.07, 6.45) is 0.562. The van der Waals surface area contributed by atoms with Crippen LogP contribution >= 0.6 is 0 Å². The van der Waals surface area contributed by atoms with Crippen LogP contribution in [0.1, 0.15) is 29.3 Å². The molecule has 0 saturated carbocycles. The van der Waals surface area contributed by atoms with E-state index in [-0.39, 0.29) is 5.78 Å². The van der Waals surface area contributed by atoms with E-state index in [1.807, 2.05) is 45.2 Å². The van der Waals surface area contributed by atoms with Gasteiger partial charge in [-0.25, -0.2) is 0 Å². The minimum absolute atomic E-state index is 0.210. The minimum atomic E-state index is 0.210. The summed E-state index contributed by atoms with van der Waals surface area (Å²) in [7, 11) is 2.02. The summed E-state index contributed by atoms with van der Waals surface area (Å²) in [4.78, 5) is 14.1. The van der Waals surface area contributed by atoms with Crippen LogP contribution in [-0.4, -0.2) is 44.0 Å². The average molecular weight is 249 g/mol. The van der Waals surface area contributed by atoms with Gasteiger partial charge in [-0.05, 0) is 27.0 Å². The van der Waals surface area contributed by atoms with Gasteiger partial charge in [-0.3, -0.25) is 4.79 Å². The number of benzene rings is 1. The molecule has 3 heteroatoms. The Morgan fingerprint density at radius 1 is 1.33 bits per heavy atom. The molecular weight excluding hydrogens is 226 g/mol. The molecule has 0 aromatic heterocycles. The third-order valence-electron chi connectivity index (χ3n) is 2.88. The Balaban J connectivity index is 2.32. The van der Waals surface area contributed by atoms with Gasteiger partial charge in [0.25, 0.3) is 0 Å². The van der Waals surface area contributed by atoms with Crippen molar-refractivity contribution in [2.45, 2.75) is 20.3 Å². The number of likely N-dealkylation sites (N-methyl/N-ethyl adjacent to an activating group) is 1. The van der Waals surface area contributed by atoms with E-state index in [2.05, 4.69) is 4.90 Å². The fraction of sp³-hybridized carbons (Fsp3) is 0.533. The third kappa shape index (κ3) is 5.43. The molecule has 1 aromatic carbocycles. The van der Waals surface area contributed by atoms with Crippen molar-refractivity contribution in [3.8, 4) is 0 Å². The van der Waals surface area contributed by atoms with Crippen LogP contribution in [0.5, 0.6) is 0 Å². The van der Waals surface area contributed by atoms with Gasteiger partial charge >= 0.3 is 0 Å². The van der Waals surface area contributed by atoms with Gasteiger partial charge in [0, 0.05) is 31.7 Å². The maximum atomic E-state index is 12.0. The second kappa shape index (κ2) is 8.01. The molecular formula is C15H23NO2. The van der Waals surface area contributed by atoms with Gasteiger partial charge in [0.05, 0.1) is 6.61 Å². The number of hydrogen-bond donors (Lipinski definition) is 0. The van der Waals surface area contributed by atoms with Crippen molar-refractivity contribution in [2.75, 3.05) is 33.4 Å². The third-order valence-corrected chi connectivity index (χ3v) is 2.88. The summed E-state index contributed by atoms with van der Waals surface area (Å²) >= 11 is 0. The van der Waals surface area contributed by atoms with E-state index < -0.39 is 0 Å². The number of ether oxygens (including phenoxy) is 1. The number of rotatable bonds is 8. The monoisotopic (exact) mass is 249 g/mol. The van der Waals surface area contributed by atoms with Crippen LogP contribution in [0.25, 0.3) is 0 Å². The molecule has 0 spiro atoms. The van der Waals surface area contributed by atoms with Crippen molar-refractivity contribution in [1.82, 2.24) is 4.90 Å². The van der Waals surface area contributed by atoms with Crippen LogP contribution in [0.4, 0.5) is 0 Å². The molecule has 1 aromatic rings. The highest BCUT2D eigenvalue weighted by atomic mass is 16.5. The highest BCUT2D eigenvalue weighted by molar-refractivity contribution is 5.96. The maximum absolute atomic E-state index is 12.0. The number of Topliss-reactive ketones (excluding diaryl/α,β-unsaturated/α-hetero) is 1. The second-order valence-corrected chi connectivity index (χ2v) is 4.54. The highest BCUT2D eigenvalue weighted by Crippen LogP contribution is 2.07. The lowest BCUT2D eigenvalue weighted by Crippen LogP contribution is -2.26. The van der Waals surface area contributed by atoms with Crippen LogP contribution < -0.4 is 0 Å². The first-order valence-corrected chi connectivity index (χ1v) is 6.49. The molecule has 0 N–H and O–H groups in total. The van der Waals surface area contributed by atoms with Crippen molar-refractivity contribution in [1.29, 1.82) is 0 Å². The van der Waals surface area contributed by atoms with E-state index in [0.29, 0.717) is 6.42 Å². The smallest absolute Gasteiger partial charge is 0.164 e. The lowest BCUT2D eigenvalue weighted by molar-refractivity contribution is 0.0946. The van der Waals surface area contributed by atoms with E-state index in [1.54, 1.807) is 0 Å². The van der Waals surface area contributed by atoms with E-state index >= 15 is 0 Å². The van der Waals surface area contributed by atoms with Gasteiger partial charge in [0.2, 0.25) is 0 Å². The first kappa shape index (κ1) is 14.9. The average Bonchev–Trinajstić information content (AvgIpc) is 2.36. The number of ketones is 1. The van der Waals surface area contributed by atoms with Gasteiger partial charge in [-0.15, -0.1) is 0 Å². The van der Waals surface area contributed by atoms with E-state index in [4.69, 9.17) is 4.74 Å². The minimum Gasteiger partial charge on any atom is -0.380 e. The zero-order valence-electron chi connectivity index (χ0n) is 11.6. The maximum Gasteiger partial charge on any atom is 0.164 e. The van der Waals surface area contributed by atoms with Crippen molar-refractivity contribution in [3.63, 3.8) is 0 Å². The van der Waals surface area contributed by atoms with Crippen LogP contribution in [-0.2, 0) is 4.74 Å². The summed E-state index contributed by atoms with van der Waals surface area (Å²) in [5.74, 6) is 0.210. The zero-order valence-corrected chi connectivity index (χ0v) is 11.6. The first-order chi connectivity index (χ1) is 8.63. The molecule has 0 heterocycles. The predicted octanol–water partition coefficient (Wildman–Crippen LogP) is 2.54. The summed E-state index contributed by atoms with van der Waals surface area (Å²) in [5, 5.41) is 0. The summed E-state index contributed by atoms with van der Waals surface area (Å²) in [5.41, 5.74) is 1.94. The van der Waals surface area contributed by atoms with Crippen LogP contribution in [0, 0.1) is 6.92 Å². The molecule has 0 unspecified atom stereocenters. The highest BCUT2D eigenvalue weighted by Gasteiger charge is 2.07. The molecule has 0 aliphatic heterocycles. The predicted molar refractivity (Wildman–Crippen MR) is 74.1 cm³/mol. The molecule has 0 atom stereocenters. The molecule has 0 aliphatic carbocycles. The second-order valence-electron chi connectivity index (χ2n) is 4.54. The molecule has 3 nitrogen and oxygen atoms in total. The summed E-state index contributed by atoms with van der Waals surface area (Å²) in [6, 6.07) is 7.77. The summed E-state index contributed by atoms with van der Waals surface area (Å²) < 4.78 is 5.28. The van der Waals surface area contributed by atoms with Crippen molar-refractivity contribution in [3.05, 3.63) is 35.4 Å². The Bertz CT molecular complexity index is 377. The number of aryl methyl sites for hydroxylation is 1. The molecule has 0 bridgehead atoms. The van der Waals surface area contributed by atoms with Crippen LogP contribution in [0.2, 0.25) is 0 Å². The Morgan fingerprint density at radius 2 is 2.11 bits per heavy atom. The number of carbonyl (C=O) groups excluding carboxylic acids is 1. The first-order valence-electron chi connectivity index (χ1n) is 6.49. The van der Waals surface area contributed by atoms with E-state index in [1.165, 1.54) is 0 Å². The van der Waals surface area contributed by atoms with Crippen molar-refractivity contribution >= 4 is 5.78 Å². The van der Waals surface area contributed by atoms with Crippen molar-refractivity contribution < 1.29 is 9.53 Å². The Morgan fingerprint density at radius 3 is 2.78 bits per heavy atom. The number of carbonyl (C=O) groups is 1. The lowest BCUT2D eigenvalue weighted by Gasteiger charge is -2.15. The SMILES string of the molecule is CCOCCN(C)CCC(=O)c1cccc(C)c1. The number of hydrogen-bond acceptors (Lipinski definition) is 3. The van der Waals surface area contributed by atoms with Gasteiger partial charge in [-0.2, -0.15) is 0 Å². The van der Waals surface area contributed by atoms with Crippen LogP contribution in [0.15, 0.2) is 24.3 Å². The fourth-order valence-corrected chi connectivity index (χ4v) is 1.73. The molecule has 0 saturated heterocycles.